The first-order valence-electron chi connectivity index (χ1n) is 12.0. The molecule has 0 aliphatic heterocycles. The highest BCUT2D eigenvalue weighted by molar-refractivity contribution is 5.81. The van der Waals surface area contributed by atoms with Gasteiger partial charge < -0.3 is 20.5 Å². The summed E-state index contributed by atoms with van der Waals surface area (Å²) < 4.78 is 5.61. The zero-order valence-electron chi connectivity index (χ0n) is 19.5. The van der Waals surface area contributed by atoms with E-state index in [1.165, 1.54) is 11.1 Å². The Morgan fingerprint density at radius 2 is 1.68 bits per heavy atom. The number of alkyl carbamates (subject to hydrolysis) is 1. The van der Waals surface area contributed by atoms with Gasteiger partial charge in [-0.1, -0.05) is 68.3 Å². The van der Waals surface area contributed by atoms with Crippen molar-refractivity contribution in [2.75, 3.05) is 13.2 Å². The summed E-state index contributed by atoms with van der Waals surface area (Å²) in [4.78, 5) is 36.6. The van der Waals surface area contributed by atoms with Gasteiger partial charge in [0.15, 0.2) is 0 Å². The predicted octanol–water partition coefficient (Wildman–Crippen LogP) is 4.46. The molecule has 2 aliphatic carbocycles. The second-order valence-electron chi connectivity index (χ2n) is 9.38. The smallest absolute Gasteiger partial charge is 0.407 e. The lowest BCUT2D eigenvalue weighted by Crippen LogP contribution is -2.48. The minimum absolute atomic E-state index is 0.0271. The lowest BCUT2D eigenvalue weighted by molar-refractivity contribution is -0.154. The van der Waals surface area contributed by atoms with Crippen molar-refractivity contribution in [1.82, 2.24) is 10.6 Å². The third-order valence-corrected chi connectivity index (χ3v) is 7.12. The minimum Gasteiger partial charge on any atom is -0.481 e. The van der Waals surface area contributed by atoms with Crippen LogP contribution in [0.25, 0.3) is 11.1 Å². The van der Waals surface area contributed by atoms with Gasteiger partial charge in [-0.15, -0.1) is 0 Å². The van der Waals surface area contributed by atoms with E-state index in [0.717, 1.165) is 24.0 Å². The van der Waals surface area contributed by atoms with Gasteiger partial charge in [-0.3, -0.25) is 9.59 Å². The van der Waals surface area contributed by atoms with E-state index in [-0.39, 0.29) is 37.4 Å². The molecule has 2 aliphatic rings. The van der Waals surface area contributed by atoms with Crippen LogP contribution in [-0.2, 0) is 14.3 Å². The van der Waals surface area contributed by atoms with Gasteiger partial charge in [-0.25, -0.2) is 4.79 Å². The van der Waals surface area contributed by atoms with Crippen molar-refractivity contribution >= 4 is 18.0 Å². The number of carboxylic acid groups (broad SMARTS) is 1. The van der Waals surface area contributed by atoms with Crippen molar-refractivity contribution in [3.8, 4) is 11.1 Å². The van der Waals surface area contributed by atoms with Crippen molar-refractivity contribution in [2.24, 2.45) is 5.41 Å². The van der Waals surface area contributed by atoms with E-state index in [1.54, 1.807) is 0 Å². The monoisotopic (exact) mass is 464 g/mol. The number of hydrogen-bond acceptors (Lipinski definition) is 4. The number of ether oxygens (including phenoxy) is 1. The molecule has 0 saturated heterocycles. The number of fused-ring (bicyclic) bond motifs is 3. The average Bonchev–Trinajstić information content (AvgIpc) is 3.10. The Morgan fingerprint density at radius 1 is 1.06 bits per heavy atom. The number of amides is 2. The van der Waals surface area contributed by atoms with Crippen LogP contribution in [0.1, 0.15) is 62.5 Å². The molecule has 4 rings (SSSR count). The van der Waals surface area contributed by atoms with Crippen molar-refractivity contribution in [1.29, 1.82) is 0 Å². The molecule has 2 aromatic rings. The highest BCUT2D eigenvalue weighted by atomic mass is 16.5. The first-order valence-corrected chi connectivity index (χ1v) is 12.0. The van der Waals surface area contributed by atoms with Gasteiger partial charge in [-0.05, 0) is 41.5 Å². The summed E-state index contributed by atoms with van der Waals surface area (Å²) in [5, 5.41) is 15.0. The molecule has 1 fully saturated rings. The Morgan fingerprint density at radius 3 is 2.21 bits per heavy atom. The fourth-order valence-corrected chi connectivity index (χ4v) is 5.01. The normalized spacial score (nSPS) is 16.5. The van der Waals surface area contributed by atoms with Crippen molar-refractivity contribution < 1.29 is 24.2 Å². The molecule has 0 aromatic heterocycles. The lowest BCUT2D eigenvalue weighted by Gasteiger charge is -2.37. The van der Waals surface area contributed by atoms with Gasteiger partial charge >= 0.3 is 12.1 Å². The molecule has 180 valence electrons. The number of hydrogen-bond donors (Lipinski definition) is 3. The zero-order valence-corrected chi connectivity index (χ0v) is 19.5. The van der Waals surface area contributed by atoms with E-state index >= 15 is 0 Å². The van der Waals surface area contributed by atoms with Crippen LogP contribution in [0, 0.1) is 5.41 Å². The summed E-state index contributed by atoms with van der Waals surface area (Å²) in [6.45, 7) is 2.33. The molecule has 0 unspecified atom stereocenters. The van der Waals surface area contributed by atoms with E-state index in [2.05, 4.69) is 34.9 Å². The summed E-state index contributed by atoms with van der Waals surface area (Å²) in [6.07, 6.45) is 2.99. The average molecular weight is 465 g/mol. The maximum atomic E-state index is 12.6. The Bertz CT molecular complexity index is 1020. The van der Waals surface area contributed by atoms with E-state index < -0.39 is 17.5 Å². The molecule has 0 spiro atoms. The number of carbonyl (C=O) groups excluding carboxylic acids is 2. The van der Waals surface area contributed by atoms with E-state index in [9.17, 15) is 19.5 Å². The molecule has 1 saturated carbocycles. The highest BCUT2D eigenvalue weighted by Crippen LogP contribution is 2.44. The molecule has 3 N–H and O–H groups in total. The van der Waals surface area contributed by atoms with Crippen LogP contribution in [0.2, 0.25) is 0 Å². The molecular weight excluding hydrogens is 432 g/mol. The summed E-state index contributed by atoms with van der Waals surface area (Å²) >= 11 is 0. The highest BCUT2D eigenvalue weighted by Gasteiger charge is 2.44. The van der Waals surface area contributed by atoms with E-state index in [4.69, 9.17) is 4.74 Å². The standard InChI is InChI=1S/C27H32N2O5/c1-2-8-18(15-24(30)28-17-27(25(31)32)13-7-14-27)29-26(33)34-16-23-21-11-5-3-9-19(21)20-10-4-6-12-22(20)23/h3-6,9-12,18,23H,2,7-8,13-17H2,1H3,(H,28,30)(H,29,33)(H,31,32)/t18-/m0/s1. The Hall–Kier alpha value is -3.35. The van der Waals surface area contributed by atoms with Gasteiger partial charge in [0, 0.05) is 24.9 Å². The molecule has 2 amide bonds. The Labute approximate surface area is 199 Å². The van der Waals surface area contributed by atoms with Crippen molar-refractivity contribution in [2.45, 2.75) is 57.4 Å². The number of rotatable bonds is 10. The molecule has 0 heterocycles. The van der Waals surface area contributed by atoms with Gasteiger partial charge in [0.25, 0.3) is 0 Å². The fourth-order valence-electron chi connectivity index (χ4n) is 5.01. The van der Waals surface area contributed by atoms with Crippen molar-refractivity contribution in [3.63, 3.8) is 0 Å². The first-order chi connectivity index (χ1) is 16.4. The summed E-state index contributed by atoms with van der Waals surface area (Å²) in [5.74, 6) is -1.15. The largest absolute Gasteiger partial charge is 0.481 e. The van der Waals surface area contributed by atoms with Gasteiger partial charge in [0.05, 0.1) is 5.41 Å². The second kappa shape index (κ2) is 10.3. The molecule has 2 aromatic carbocycles. The van der Waals surface area contributed by atoms with Crippen LogP contribution in [0.4, 0.5) is 4.79 Å². The Kier molecular flexibility index (Phi) is 7.20. The maximum absolute atomic E-state index is 12.6. The fraction of sp³-hybridized carbons (Fsp3) is 0.444. The Balaban J connectivity index is 1.31. The third kappa shape index (κ3) is 4.93. The summed E-state index contributed by atoms with van der Waals surface area (Å²) in [7, 11) is 0. The van der Waals surface area contributed by atoms with Gasteiger partial charge in [0.2, 0.25) is 5.91 Å². The minimum atomic E-state index is -0.860. The van der Waals surface area contributed by atoms with Crippen LogP contribution < -0.4 is 10.6 Å². The molecular formula is C27H32N2O5. The summed E-state index contributed by atoms with van der Waals surface area (Å²) in [6, 6.07) is 15.9. The van der Waals surface area contributed by atoms with Crippen LogP contribution in [-0.4, -0.2) is 42.3 Å². The second-order valence-corrected chi connectivity index (χ2v) is 9.38. The van der Waals surface area contributed by atoms with Crippen molar-refractivity contribution in [3.05, 3.63) is 59.7 Å². The molecule has 7 heteroatoms. The number of carbonyl (C=O) groups is 3. The van der Waals surface area contributed by atoms with Gasteiger partial charge in [-0.2, -0.15) is 0 Å². The van der Waals surface area contributed by atoms with Gasteiger partial charge in [0.1, 0.15) is 6.61 Å². The van der Waals surface area contributed by atoms with Crippen LogP contribution in [0.5, 0.6) is 0 Å². The van der Waals surface area contributed by atoms with Crippen LogP contribution >= 0.6 is 0 Å². The number of nitrogens with one attached hydrogen (secondary N) is 2. The molecule has 0 bridgehead atoms. The number of carboxylic acids is 1. The number of aliphatic carboxylic acids is 1. The summed E-state index contributed by atoms with van der Waals surface area (Å²) in [5.41, 5.74) is 3.78. The zero-order chi connectivity index (χ0) is 24.1. The molecule has 34 heavy (non-hydrogen) atoms. The lowest BCUT2D eigenvalue weighted by atomic mass is 9.69. The maximum Gasteiger partial charge on any atom is 0.407 e. The first kappa shape index (κ1) is 23.8. The van der Waals surface area contributed by atoms with Crippen LogP contribution in [0.15, 0.2) is 48.5 Å². The quantitative estimate of drug-likeness (QED) is 0.482. The van der Waals surface area contributed by atoms with Crippen LogP contribution in [0.3, 0.4) is 0 Å². The third-order valence-electron chi connectivity index (χ3n) is 7.12. The van der Waals surface area contributed by atoms with E-state index in [1.807, 2.05) is 31.2 Å². The SMILES string of the molecule is CCC[C@@H](CC(=O)NCC1(C(=O)O)CCC1)NC(=O)OCC1c2ccccc2-c2ccccc21. The molecule has 1 atom stereocenters. The molecule has 0 radical (unpaired) electrons. The van der Waals surface area contributed by atoms with E-state index in [0.29, 0.717) is 19.3 Å². The molecule has 7 nitrogen and oxygen atoms in total. The topological polar surface area (TPSA) is 105 Å². The number of benzene rings is 2. The predicted molar refractivity (Wildman–Crippen MR) is 128 cm³/mol.